The van der Waals surface area contributed by atoms with E-state index in [1.165, 1.54) is 31.4 Å². The number of hydrogen-bond donors (Lipinski definition) is 1. The van der Waals surface area contributed by atoms with Crippen LogP contribution in [0.1, 0.15) is 44.1 Å². The van der Waals surface area contributed by atoms with Crippen LogP contribution in [0.15, 0.2) is 30.3 Å². The molecule has 0 saturated heterocycles. The fourth-order valence-electron chi connectivity index (χ4n) is 3.41. The molecule has 1 aliphatic rings. The third-order valence-corrected chi connectivity index (χ3v) is 5.06. The summed E-state index contributed by atoms with van der Waals surface area (Å²) in [5.41, 5.74) is 1.55. The van der Waals surface area contributed by atoms with Crippen LogP contribution in [-0.4, -0.2) is 24.6 Å². The second-order valence-corrected chi connectivity index (χ2v) is 6.61. The molecule has 1 fully saturated rings. The van der Waals surface area contributed by atoms with Crippen LogP contribution in [0.5, 0.6) is 0 Å². The number of nitrogens with one attached hydrogen (secondary N) is 1. The van der Waals surface area contributed by atoms with E-state index in [-0.39, 0.29) is 0 Å². The maximum atomic E-state index is 3.71. The molecule has 0 radical (unpaired) electrons. The van der Waals surface area contributed by atoms with Crippen molar-refractivity contribution >= 4 is 11.8 Å². The summed E-state index contributed by atoms with van der Waals surface area (Å²) >= 11 is 1.98. The Hall–Kier alpha value is -0.470. The molecule has 0 aliphatic heterocycles. The Morgan fingerprint density at radius 3 is 2.68 bits per heavy atom. The molecule has 2 heteroatoms. The summed E-state index contributed by atoms with van der Waals surface area (Å²) in [4.78, 5) is 0. The number of thioether (sulfide) groups is 1. The lowest BCUT2D eigenvalue weighted by Crippen LogP contribution is -2.40. The minimum absolute atomic E-state index is 0.747. The minimum atomic E-state index is 0.747. The third-order valence-electron chi connectivity index (χ3n) is 4.41. The van der Waals surface area contributed by atoms with Crippen molar-refractivity contribution in [1.29, 1.82) is 0 Å². The van der Waals surface area contributed by atoms with Crippen molar-refractivity contribution in [3.63, 3.8) is 0 Å². The van der Waals surface area contributed by atoms with E-state index < -0.39 is 0 Å². The molecule has 1 N–H and O–H groups in total. The average molecular weight is 277 g/mol. The van der Waals surface area contributed by atoms with Crippen molar-refractivity contribution < 1.29 is 0 Å². The van der Waals surface area contributed by atoms with Gasteiger partial charge in [-0.1, -0.05) is 37.3 Å². The van der Waals surface area contributed by atoms with E-state index in [1.807, 2.05) is 11.8 Å². The fraction of sp³-hybridized carbons (Fsp3) is 0.647. The van der Waals surface area contributed by atoms with Crippen molar-refractivity contribution in [1.82, 2.24) is 5.32 Å². The summed E-state index contributed by atoms with van der Waals surface area (Å²) in [5, 5.41) is 3.71. The van der Waals surface area contributed by atoms with Gasteiger partial charge in [0.2, 0.25) is 0 Å². The predicted octanol–water partition coefficient (Wildman–Crippen LogP) is 4.30. The van der Waals surface area contributed by atoms with Gasteiger partial charge in [0, 0.05) is 6.04 Å². The van der Waals surface area contributed by atoms with E-state index >= 15 is 0 Å². The first kappa shape index (κ1) is 14.9. The zero-order valence-electron chi connectivity index (χ0n) is 12.3. The van der Waals surface area contributed by atoms with Crippen LogP contribution >= 0.6 is 11.8 Å². The summed E-state index contributed by atoms with van der Waals surface area (Å²) in [7, 11) is 0. The van der Waals surface area contributed by atoms with E-state index in [9.17, 15) is 0 Å². The Balaban J connectivity index is 1.99. The second kappa shape index (κ2) is 7.96. The Labute approximate surface area is 122 Å². The zero-order valence-corrected chi connectivity index (χ0v) is 13.1. The van der Waals surface area contributed by atoms with Crippen LogP contribution in [0.25, 0.3) is 0 Å². The number of rotatable bonds is 6. The van der Waals surface area contributed by atoms with Crippen LogP contribution in [0.2, 0.25) is 0 Å². The van der Waals surface area contributed by atoms with Gasteiger partial charge in [-0.05, 0) is 61.6 Å². The van der Waals surface area contributed by atoms with Crippen molar-refractivity contribution in [3.8, 4) is 0 Å². The van der Waals surface area contributed by atoms with Gasteiger partial charge in [-0.3, -0.25) is 0 Å². The van der Waals surface area contributed by atoms with Gasteiger partial charge in [0.05, 0.1) is 0 Å². The monoisotopic (exact) mass is 277 g/mol. The van der Waals surface area contributed by atoms with Crippen LogP contribution in [-0.2, 0) is 0 Å². The largest absolute Gasteiger partial charge is 0.314 e. The lowest BCUT2D eigenvalue weighted by atomic mass is 9.74. The molecular weight excluding hydrogens is 250 g/mol. The van der Waals surface area contributed by atoms with Crippen molar-refractivity contribution in [2.45, 2.75) is 44.6 Å². The van der Waals surface area contributed by atoms with Crippen LogP contribution in [0, 0.1) is 5.92 Å². The Morgan fingerprint density at radius 2 is 2.00 bits per heavy atom. The summed E-state index contributed by atoms with van der Waals surface area (Å²) in [6.07, 6.45) is 7.63. The highest BCUT2D eigenvalue weighted by Crippen LogP contribution is 2.38. The molecule has 0 heterocycles. The molecule has 1 saturated carbocycles. The number of hydrogen-bond acceptors (Lipinski definition) is 2. The Bertz CT molecular complexity index is 352. The standard InChI is InChI=1S/C17H27NS/c1-3-18-17-10-9-15(13-16(17)11-12-19-2)14-7-5-4-6-8-14/h4-8,15-18H,3,9-13H2,1-2H3. The van der Waals surface area contributed by atoms with E-state index in [2.05, 4.69) is 48.8 Å². The lowest BCUT2D eigenvalue weighted by molar-refractivity contribution is 0.238. The summed E-state index contributed by atoms with van der Waals surface area (Å²) in [5.74, 6) is 2.93. The quantitative estimate of drug-likeness (QED) is 0.832. The van der Waals surface area contributed by atoms with Gasteiger partial charge in [-0.15, -0.1) is 0 Å². The fourth-order valence-corrected chi connectivity index (χ4v) is 3.95. The second-order valence-electron chi connectivity index (χ2n) is 5.63. The molecular formula is C17H27NS. The molecule has 1 aliphatic carbocycles. The topological polar surface area (TPSA) is 12.0 Å². The van der Waals surface area contributed by atoms with Gasteiger partial charge in [0.25, 0.3) is 0 Å². The van der Waals surface area contributed by atoms with Gasteiger partial charge in [-0.25, -0.2) is 0 Å². The van der Waals surface area contributed by atoms with Gasteiger partial charge >= 0.3 is 0 Å². The van der Waals surface area contributed by atoms with E-state index in [0.717, 1.165) is 24.4 Å². The smallest absolute Gasteiger partial charge is 0.00959 e. The van der Waals surface area contributed by atoms with Gasteiger partial charge in [-0.2, -0.15) is 11.8 Å². The molecule has 106 valence electrons. The molecule has 3 atom stereocenters. The molecule has 0 bridgehead atoms. The van der Waals surface area contributed by atoms with E-state index in [1.54, 1.807) is 5.56 Å². The first-order valence-corrected chi connectivity index (χ1v) is 9.01. The first-order chi connectivity index (χ1) is 9.35. The van der Waals surface area contributed by atoms with E-state index in [0.29, 0.717) is 0 Å². The maximum absolute atomic E-state index is 3.71. The highest BCUT2D eigenvalue weighted by molar-refractivity contribution is 7.98. The summed E-state index contributed by atoms with van der Waals surface area (Å²) in [6.45, 7) is 3.34. The van der Waals surface area contributed by atoms with Gasteiger partial charge in [0.1, 0.15) is 0 Å². The zero-order chi connectivity index (χ0) is 13.5. The molecule has 1 nitrogen and oxygen atoms in total. The average Bonchev–Trinajstić information content (AvgIpc) is 2.47. The predicted molar refractivity (Wildman–Crippen MR) is 87.0 cm³/mol. The van der Waals surface area contributed by atoms with E-state index in [4.69, 9.17) is 0 Å². The Morgan fingerprint density at radius 1 is 1.21 bits per heavy atom. The van der Waals surface area contributed by atoms with Crippen LogP contribution in [0.3, 0.4) is 0 Å². The molecule has 3 unspecified atom stereocenters. The third kappa shape index (κ3) is 4.25. The SMILES string of the molecule is CCNC1CCC(c2ccccc2)CC1CCSC. The van der Waals surface area contributed by atoms with Crippen molar-refractivity contribution in [2.24, 2.45) is 5.92 Å². The minimum Gasteiger partial charge on any atom is -0.314 e. The van der Waals surface area contributed by atoms with Crippen molar-refractivity contribution in [3.05, 3.63) is 35.9 Å². The van der Waals surface area contributed by atoms with Gasteiger partial charge < -0.3 is 5.32 Å². The lowest BCUT2D eigenvalue weighted by Gasteiger charge is -2.37. The first-order valence-electron chi connectivity index (χ1n) is 7.62. The maximum Gasteiger partial charge on any atom is 0.00959 e. The molecule has 1 aromatic rings. The molecule has 0 spiro atoms. The molecule has 19 heavy (non-hydrogen) atoms. The normalized spacial score (nSPS) is 27.4. The van der Waals surface area contributed by atoms with Crippen LogP contribution in [0.4, 0.5) is 0 Å². The Kier molecular flexibility index (Phi) is 6.25. The number of benzene rings is 1. The van der Waals surface area contributed by atoms with Gasteiger partial charge in [0.15, 0.2) is 0 Å². The molecule has 1 aromatic carbocycles. The highest BCUT2D eigenvalue weighted by Gasteiger charge is 2.30. The molecule has 0 aromatic heterocycles. The molecule has 2 rings (SSSR count). The highest BCUT2D eigenvalue weighted by atomic mass is 32.2. The molecule has 0 amide bonds. The summed E-state index contributed by atoms with van der Waals surface area (Å²) < 4.78 is 0. The van der Waals surface area contributed by atoms with Crippen LogP contribution < -0.4 is 5.32 Å². The van der Waals surface area contributed by atoms with Crippen molar-refractivity contribution in [2.75, 3.05) is 18.6 Å². The summed E-state index contributed by atoms with van der Waals surface area (Å²) in [6, 6.07) is 11.9.